The molecule has 174 valence electrons. The molecule has 6 rings (SSSR count). The number of rotatable bonds is 6. The van der Waals surface area contributed by atoms with Crippen LogP contribution in [0, 0.1) is 5.92 Å². The molecule has 9 heteroatoms. The van der Waals surface area contributed by atoms with Crippen molar-refractivity contribution in [2.75, 3.05) is 42.8 Å². The lowest BCUT2D eigenvalue weighted by Crippen LogP contribution is -2.21. The molecule has 2 aliphatic rings. The Balaban J connectivity index is 1.39. The minimum Gasteiger partial charge on any atom is -0.436 e. The zero-order chi connectivity index (χ0) is 23.2. The summed E-state index contributed by atoms with van der Waals surface area (Å²) in [6.45, 7) is 1.83. The van der Waals surface area contributed by atoms with E-state index in [1.165, 1.54) is 0 Å². The first-order valence-corrected chi connectivity index (χ1v) is 11.6. The van der Waals surface area contributed by atoms with Crippen LogP contribution in [0.5, 0.6) is 0 Å². The highest BCUT2D eigenvalue weighted by Crippen LogP contribution is 2.35. The van der Waals surface area contributed by atoms with Crippen LogP contribution in [0.2, 0.25) is 0 Å². The molecule has 1 unspecified atom stereocenters. The second-order valence-corrected chi connectivity index (χ2v) is 8.91. The van der Waals surface area contributed by atoms with E-state index in [0.717, 1.165) is 59.9 Å². The summed E-state index contributed by atoms with van der Waals surface area (Å²) < 4.78 is 11.6. The molecule has 1 aromatic carbocycles. The second kappa shape index (κ2) is 8.25. The Labute approximate surface area is 196 Å². The SMILES string of the molecule is CNc1ncc(-c2nc3cc(N4CCC(OC)C4)ccc3o2)c2cc(NC(=O)C3CC3)ncc12. The molecule has 3 aromatic heterocycles. The van der Waals surface area contributed by atoms with Crippen molar-refractivity contribution in [3.8, 4) is 11.5 Å². The monoisotopic (exact) mass is 458 g/mol. The van der Waals surface area contributed by atoms with Crippen molar-refractivity contribution in [1.82, 2.24) is 15.0 Å². The minimum absolute atomic E-state index is 0.0170. The van der Waals surface area contributed by atoms with Gasteiger partial charge in [-0.3, -0.25) is 4.79 Å². The van der Waals surface area contributed by atoms with Gasteiger partial charge in [0.15, 0.2) is 5.58 Å². The largest absolute Gasteiger partial charge is 0.436 e. The summed E-state index contributed by atoms with van der Waals surface area (Å²) in [5.74, 6) is 1.81. The van der Waals surface area contributed by atoms with Crippen molar-refractivity contribution in [2.45, 2.75) is 25.4 Å². The van der Waals surface area contributed by atoms with E-state index in [1.54, 1.807) is 19.5 Å². The van der Waals surface area contributed by atoms with Crippen molar-refractivity contribution in [3.05, 3.63) is 36.7 Å². The van der Waals surface area contributed by atoms with E-state index in [4.69, 9.17) is 14.1 Å². The number of oxazole rings is 1. The van der Waals surface area contributed by atoms with Gasteiger partial charge >= 0.3 is 0 Å². The Hall–Kier alpha value is -3.72. The van der Waals surface area contributed by atoms with E-state index in [-0.39, 0.29) is 17.9 Å². The summed E-state index contributed by atoms with van der Waals surface area (Å²) in [5.41, 5.74) is 3.35. The van der Waals surface area contributed by atoms with Gasteiger partial charge in [0.2, 0.25) is 11.8 Å². The molecular formula is C25H26N6O3. The third kappa shape index (κ3) is 3.71. The van der Waals surface area contributed by atoms with Gasteiger partial charge < -0.3 is 24.7 Å². The van der Waals surface area contributed by atoms with Gasteiger partial charge in [-0.15, -0.1) is 0 Å². The van der Waals surface area contributed by atoms with E-state index in [2.05, 4.69) is 37.6 Å². The highest BCUT2D eigenvalue weighted by Gasteiger charge is 2.30. The number of amides is 1. The van der Waals surface area contributed by atoms with Gasteiger partial charge in [-0.1, -0.05) is 0 Å². The number of carbonyl (C=O) groups is 1. The van der Waals surface area contributed by atoms with Crippen LogP contribution in [0.3, 0.4) is 0 Å². The highest BCUT2D eigenvalue weighted by atomic mass is 16.5. The number of benzene rings is 1. The molecule has 1 saturated carbocycles. The molecule has 1 saturated heterocycles. The minimum atomic E-state index is 0.0170. The van der Waals surface area contributed by atoms with Crippen LogP contribution in [-0.4, -0.2) is 54.2 Å². The van der Waals surface area contributed by atoms with E-state index in [1.807, 2.05) is 19.2 Å². The summed E-state index contributed by atoms with van der Waals surface area (Å²) in [5, 5.41) is 7.72. The predicted octanol–water partition coefficient (Wildman–Crippen LogP) is 4.05. The smallest absolute Gasteiger partial charge is 0.229 e. The number of ether oxygens (including phenoxy) is 1. The van der Waals surface area contributed by atoms with Crippen molar-refractivity contribution < 1.29 is 13.9 Å². The first-order chi connectivity index (χ1) is 16.6. The lowest BCUT2D eigenvalue weighted by atomic mass is 10.1. The van der Waals surface area contributed by atoms with Crippen LogP contribution < -0.4 is 15.5 Å². The summed E-state index contributed by atoms with van der Waals surface area (Å²) >= 11 is 0. The number of carbonyl (C=O) groups excluding carboxylic acids is 1. The Morgan fingerprint density at radius 2 is 2.03 bits per heavy atom. The third-order valence-electron chi connectivity index (χ3n) is 6.65. The van der Waals surface area contributed by atoms with Gasteiger partial charge in [0.25, 0.3) is 0 Å². The quantitative estimate of drug-likeness (QED) is 0.446. The Bertz CT molecular complexity index is 1400. The predicted molar refractivity (Wildman–Crippen MR) is 131 cm³/mol. The number of aromatic nitrogens is 3. The fourth-order valence-electron chi connectivity index (χ4n) is 4.53. The molecule has 0 spiro atoms. The maximum Gasteiger partial charge on any atom is 0.229 e. The number of anilines is 3. The zero-order valence-electron chi connectivity index (χ0n) is 19.2. The first kappa shape index (κ1) is 20.9. The summed E-state index contributed by atoms with van der Waals surface area (Å²) in [6, 6.07) is 7.94. The molecule has 4 aromatic rings. The first-order valence-electron chi connectivity index (χ1n) is 11.6. The lowest BCUT2D eigenvalue weighted by molar-refractivity contribution is -0.117. The number of nitrogens with one attached hydrogen (secondary N) is 2. The van der Waals surface area contributed by atoms with Gasteiger partial charge in [-0.2, -0.15) is 0 Å². The molecule has 1 atom stereocenters. The van der Waals surface area contributed by atoms with Crippen molar-refractivity contribution in [2.24, 2.45) is 5.92 Å². The second-order valence-electron chi connectivity index (χ2n) is 8.91. The Kier molecular flexibility index (Phi) is 5.06. The highest BCUT2D eigenvalue weighted by molar-refractivity contribution is 6.03. The fraction of sp³-hybridized carbons (Fsp3) is 0.360. The van der Waals surface area contributed by atoms with Gasteiger partial charge in [-0.25, -0.2) is 15.0 Å². The molecule has 4 heterocycles. The average molecular weight is 459 g/mol. The maximum absolute atomic E-state index is 12.3. The fourth-order valence-corrected chi connectivity index (χ4v) is 4.53. The standard InChI is InChI=1S/C25H26N6O3/c1-26-23-18-11-27-22(30-24(32)14-3-4-14)10-17(18)19(12-28-23)25-29-20-9-15(5-6-21(20)34-25)31-8-7-16(13-31)33-2/h5-6,9-12,14,16H,3-4,7-8,13H2,1-2H3,(H,26,28)(H,27,30,32). The molecule has 2 N–H and O–H groups in total. The normalized spacial score (nSPS) is 18.1. The van der Waals surface area contributed by atoms with E-state index < -0.39 is 0 Å². The molecule has 1 aliphatic carbocycles. The van der Waals surface area contributed by atoms with Gasteiger partial charge in [-0.05, 0) is 43.5 Å². The molecular weight excluding hydrogens is 432 g/mol. The number of hydrogen-bond acceptors (Lipinski definition) is 8. The summed E-state index contributed by atoms with van der Waals surface area (Å²) in [6.07, 6.45) is 6.62. The average Bonchev–Trinajstić information content (AvgIpc) is 3.45. The summed E-state index contributed by atoms with van der Waals surface area (Å²) in [7, 11) is 3.58. The molecule has 2 fully saturated rings. The molecule has 9 nitrogen and oxygen atoms in total. The molecule has 34 heavy (non-hydrogen) atoms. The van der Waals surface area contributed by atoms with Crippen molar-refractivity contribution >= 4 is 45.1 Å². The third-order valence-corrected chi connectivity index (χ3v) is 6.65. The number of fused-ring (bicyclic) bond motifs is 2. The van der Waals surface area contributed by atoms with Crippen molar-refractivity contribution in [1.29, 1.82) is 0 Å². The van der Waals surface area contributed by atoms with E-state index in [9.17, 15) is 4.79 Å². The van der Waals surface area contributed by atoms with E-state index >= 15 is 0 Å². The molecule has 1 amide bonds. The van der Waals surface area contributed by atoms with Gasteiger partial charge in [0.1, 0.15) is 17.2 Å². The number of pyridine rings is 2. The van der Waals surface area contributed by atoms with Crippen LogP contribution in [-0.2, 0) is 9.53 Å². The van der Waals surface area contributed by atoms with Crippen LogP contribution in [0.15, 0.2) is 41.1 Å². The number of methoxy groups -OCH3 is 1. The van der Waals surface area contributed by atoms with Crippen LogP contribution in [0.4, 0.5) is 17.3 Å². The molecule has 0 radical (unpaired) electrons. The van der Waals surface area contributed by atoms with Crippen molar-refractivity contribution in [3.63, 3.8) is 0 Å². The lowest BCUT2D eigenvalue weighted by Gasteiger charge is -2.17. The number of nitrogens with zero attached hydrogens (tertiary/aromatic N) is 4. The zero-order valence-corrected chi connectivity index (χ0v) is 19.2. The van der Waals surface area contributed by atoms with Crippen LogP contribution in [0.1, 0.15) is 19.3 Å². The maximum atomic E-state index is 12.3. The van der Waals surface area contributed by atoms with Gasteiger partial charge in [0, 0.05) is 62.0 Å². The van der Waals surface area contributed by atoms with Crippen LogP contribution >= 0.6 is 0 Å². The molecule has 0 bridgehead atoms. The number of hydrogen-bond donors (Lipinski definition) is 2. The Morgan fingerprint density at radius 1 is 1.15 bits per heavy atom. The van der Waals surface area contributed by atoms with Crippen LogP contribution in [0.25, 0.3) is 33.3 Å². The van der Waals surface area contributed by atoms with Gasteiger partial charge in [0.05, 0.1) is 11.7 Å². The topological polar surface area (TPSA) is 105 Å². The molecule has 1 aliphatic heterocycles. The summed E-state index contributed by atoms with van der Waals surface area (Å²) in [4.78, 5) is 28.3. The van der Waals surface area contributed by atoms with E-state index in [0.29, 0.717) is 23.1 Å². The Morgan fingerprint density at radius 3 is 2.79 bits per heavy atom.